The first-order valence-corrected chi connectivity index (χ1v) is 39.7. The molecule has 35 heteroatoms. The van der Waals surface area contributed by atoms with Crippen LogP contribution in [0.25, 0.3) is 75.4 Å². The second-order valence-corrected chi connectivity index (χ2v) is 29.4. The molecule has 0 unspecified atom stereocenters. The molecule has 9 aromatic carbocycles. The zero-order chi connectivity index (χ0) is 93.4. The van der Waals surface area contributed by atoms with Crippen molar-refractivity contribution in [2.45, 2.75) is 12.4 Å². The monoisotopic (exact) mass is 1990 g/mol. The average molecular weight is 1990 g/mol. The number of methoxy groups -OCH3 is 6. The van der Waals surface area contributed by atoms with Gasteiger partial charge in [-0.15, -0.1) is 0 Å². The van der Waals surface area contributed by atoms with Crippen molar-refractivity contribution in [2.24, 2.45) is 0 Å². The first-order chi connectivity index (χ1) is 61.1. The minimum atomic E-state index is -4.40. The Balaban J connectivity index is 0.000000181. The Kier molecular flexibility index (Phi) is 36.8. The van der Waals surface area contributed by atoms with E-state index in [2.05, 4.69) is 103 Å². The number of rotatable bonds is 11. The Bertz CT molecular complexity index is 6510. The SMILES string of the molecule is Brc1ccc2ccncc2c1.CN(C)CC(=O)O.COC(=O)c1ccc2c(Br)cncc2c1.COC(=O)c1ccc2c(O)cncc2c1.COC(=O)c1ccc2c(OC)cncc2c1.COC(=O)c1ccc2c(Oc3ccc(C(F)(F)F)cc3)cncc2c1.COC(=O)c1ccc2ccncc2c1.FC(F)(F)c1ccc(I)cc1.O=C(O)c1ccc2c(O)cncc2c1. The van der Waals surface area contributed by atoms with Gasteiger partial charge >= 0.3 is 54.1 Å². The molecule has 0 fully saturated rings. The first kappa shape index (κ1) is 99.0. The van der Waals surface area contributed by atoms with Gasteiger partial charge in [-0.3, -0.25) is 44.6 Å². The molecule has 0 saturated carbocycles. The van der Waals surface area contributed by atoms with Crippen LogP contribution in [0, 0.1) is 3.57 Å². The number of likely N-dealkylation sites (N-methyl/N-ethyl adjacent to an activating group) is 1. The van der Waals surface area contributed by atoms with Crippen LogP contribution >= 0.6 is 54.5 Å². The maximum atomic E-state index is 12.6. The van der Waals surface area contributed by atoms with Crippen LogP contribution in [0.5, 0.6) is 28.7 Å². The predicted molar refractivity (Wildman–Crippen MR) is 483 cm³/mol. The van der Waals surface area contributed by atoms with Crippen LogP contribution in [-0.2, 0) is 40.8 Å². The Morgan fingerprint density at radius 2 is 0.688 bits per heavy atom. The molecular weight excluding hydrogens is 1920 g/mol. The molecule has 658 valence electrons. The highest BCUT2D eigenvalue weighted by molar-refractivity contribution is 14.1. The van der Waals surface area contributed by atoms with E-state index in [0.29, 0.717) is 71.6 Å². The fraction of sp³-hybridized carbons (Fsp3) is 0.118. The van der Waals surface area contributed by atoms with Gasteiger partial charge in [-0.25, -0.2) is 28.8 Å². The number of fused-ring (bicyclic) bond motifs is 7. The van der Waals surface area contributed by atoms with Crippen LogP contribution in [0.1, 0.15) is 73.3 Å². The van der Waals surface area contributed by atoms with Crippen molar-refractivity contribution in [3.8, 4) is 28.7 Å². The molecule has 0 spiro atoms. The Morgan fingerprint density at radius 3 is 1.09 bits per heavy atom. The maximum Gasteiger partial charge on any atom is 0.416 e. The zero-order valence-electron chi connectivity index (χ0n) is 68.7. The van der Waals surface area contributed by atoms with Gasteiger partial charge in [0, 0.05) is 134 Å². The number of aliphatic carboxylic acids is 1. The van der Waals surface area contributed by atoms with Gasteiger partial charge in [0.2, 0.25) is 0 Å². The number of carbonyl (C=O) groups excluding carboxylic acids is 5. The fourth-order valence-corrected chi connectivity index (χ4v) is 12.5. The molecule has 0 amide bonds. The van der Waals surface area contributed by atoms with E-state index < -0.39 is 47.4 Å². The zero-order valence-corrected chi connectivity index (χ0v) is 74.0. The summed E-state index contributed by atoms with van der Waals surface area (Å²) in [6.07, 6.45) is 14.1. The summed E-state index contributed by atoms with van der Waals surface area (Å²) < 4.78 is 110. The summed E-state index contributed by atoms with van der Waals surface area (Å²) in [6, 6.07) is 49.7. The van der Waals surface area contributed by atoms with Gasteiger partial charge in [-0.1, -0.05) is 34.1 Å². The highest BCUT2D eigenvalue weighted by atomic mass is 127. The van der Waals surface area contributed by atoms with Gasteiger partial charge < -0.3 is 53.6 Å². The van der Waals surface area contributed by atoms with Crippen molar-refractivity contribution in [1.82, 2.24) is 39.8 Å². The van der Waals surface area contributed by atoms with Gasteiger partial charge in [-0.05, 0) is 239 Å². The van der Waals surface area contributed by atoms with Crippen LogP contribution in [0.2, 0.25) is 0 Å². The van der Waals surface area contributed by atoms with Crippen LogP contribution in [0.15, 0.2) is 284 Å². The summed E-state index contributed by atoms with van der Waals surface area (Å²) in [5, 5.41) is 47.6. The van der Waals surface area contributed by atoms with Crippen LogP contribution in [-0.4, -0.2) is 165 Å². The normalized spacial score (nSPS) is 10.5. The van der Waals surface area contributed by atoms with Gasteiger partial charge in [-0.2, -0.15) is 26.3 Å². The minimum Gasteiger partial charge on any atom is -0.506 e. The molecule has 0 aliphatic rings. The number of carboxylic acid groups (broad SMARTS) is 2. The lowest BCUT2D eigenvalue weighted by Crippen LogP contribution is -2.20. The summed E-state index contributed by atoms with van der Waals surface area (Å²) in [5.41, 5.74) is 1.23. The number of hydrogen-bond donors (Lipinski definition) is 4. The summed E-state index contributed by atoms with van der Waals surface area (Å²) >= 11 is 8.76. The highest BCUT2D eigenvalue weighted by Crippen LogP contribution is 2.36. The predicted octanol–water partition coefficient (Wildman–Crippen LogP) is 21.0. The Hall–Kier alpha value is -14.4. The largest absolute Gasteiger partial charge is 0.506 e. The molecule has 0 radical (unpaired) electrons. The van der Waals surface area contributed by atoms with E-state index in [4.69, 9.17) is 19.7 Å². The van der Waals surface area contributed by atoms with Crippen molar-refractivity contribution in [3.63, 3.8) is 0 Å². The lowest BCUT2D eigenvalue weighted by molar-refractivity contribution is -0.138. The Labute approximate surface area is 756 Å². The number of carbonyl (C=O) groups is 7. The van der Waals surface area contributed by atoms with Crippen molar-refractivity contribution in [2.75, 3.05) is 63.3 Å². The number of aromatic carboxylic acids is 1. The highest BCUT2D eigenvalue weighted by Gasteiger charge is 2.31. The van der Waals surface area contributed by atoms with Gasteiger partial charge in [0.1, 0.15) is 23.0 Å². The molecule has 0 aliphatic heterocycles. The lowest BCUT2D eigenvalue weighted by atomic mass is 10.1. The molecule has 7 heterocycles. The van der Waals surface area contributed by atoms with Crippen LogP contribution in [0.3, 0.4) is 0 Å². The third kappa shape index (κ3) is 29.1. The summed E-state index contributed by atoms with van der Waals surface area (Å²) in [6.45, 7) is 0.111. The summed E-state index contributed by atoms with van der Waals surface area (Å²) in [4.78, 5) is 106. The molecule has 128 heavy (non-hydrogen) atoms. The number of hydrogen-bond acceptors (Lipinski definition) is 24. The second kappa shape index (κ2) is 47.6. The lowest BCUT2D eigenvalue weighted by Gasteiger charge is -2.11. The molecule has 16 aromatic rings. The van der Waals surface area contributed by atoms with Gasteiger partial charge in [0.25, 0.3) is 0 Å². The third-order valence-corrected chi connectivity index (χ3v) is 19.3. The molecular formula is C93H75Br2F6IN8O18. The van der Waals surface area contributed by atoms with Gasteiger partial charge in [0.15, 0.2) is 5.75 Å². The van der Waals surface area contributed by atoms with Crippen LogP contribution in [0.4, 0.5) is 26.3 Å². The third-order valence-electron chi connectivity index (χ3n) is 17.5. The molecule has 4 N–H and O–H groups in total. The van der Waals surface area contributed by atoms with Crippen molar-refractivity contribution in [1.29, 1.82) is 0 Å². The standard InChI is InChI=1S/C18H12F3NO3.C12H11NO3.C11H8BrNO2.C11H9NO3.C11H9NO2.C10H7NO3.C9H6BrN.C7H4F3I.C4H9NO2/c1-24-17(23)11-2-7-15-12(8-11)9-22-10-16(15)25-14-5-3-13(4-6-14)18(19,20)21;1-15-11-7-13-6-9-5-8(12(14)16-2)3-4-10(9)11;1-15-11(14)7-2-3-9-8(4-7)5-13-6-10(9)12;1-15-11(14)7-2-3-9-8(4-7)5-12-6-10(9)13;1-14-11(13)9-3-2-8-4-5-12-7-10(8)6-9;12-9-5-11-4-7-3-6(10(13)14)1-2-8(7)9;10-9-2-1-7-3-4-11-6-8(7)5-9;8-7(9,10)5-1-3-6(11)4-2-5;1-5(2)3-4(6)7/h2-10H,1H3;3-7H,1-2H3;2-6H,1H3;2-6,13H,1H3;2-7H,1H3;1-5,12H,(H,13,14);1-6H;1-4H;3H2,1-2H3,(H,6,7). The van der Waals surface area contributed by atoms with E-state index in [1.165, 1.54) is 108 Å². The molecule has 7 aromatic heterocycles. The number of aromatic hydroxyl groups is 2. The quantitative estimate of drug-likeness (QED) is 0.0404. The van der Waals surface area contributed by atoms with E-state index in [1.807, 2.05) is 65.2 Å². The Morgan fingerprint density at radius 1 is 0.359 bits per heavy atom. The van der Waals surface area contributed by atoms with Crippen molar-refractivity contribution in [3.05, 3.63) is 332 Å². The number of carboxylic acids is 2. The smallest absolute Gasteiger partial charge is 0.416 e. The molecule has 26 nitrogen and oxygen atoms in total. The van der Waals surface area contributed by atoms with Gasteiger partial charge in [0.05, 0.1) is 118 Å². The number of halogens is 9. The van der Waals surface area contributed by atoms with E-state index in [-0.39, 0.29) is 47.3 Å². The number of aromatic nitrogens is 7. The van der Waals surface area contributed by atoms with Crippen LogP contribution < -0.4 is 9.47 Å². The fourth-order valence-electron chi connectivity index (χ4n) is 11.2. The number of esters is 5. The minimum absolute atomic E-state index is 0.0550. The van der Waals surface area contributed by atoms with E-state index >= 15 is 0 Å². The number of nitrogens with zero attached hydrogens (tertiary/aromatic N) is 8. The number of benzene rings is 9. The first-order valence-electron chi connectivity index (χ1n) is 37.1. The average Bonchev–Trinajstić information content (AvgIpc) is 0.801. The maximum absolute atomic E-state index is 12.6. The number of pyridine rings is 7. The molecule has 0 saturated heterocycles. The van der Waals surface area contributed by atoms with E-state index in [0.717, 1.165) is 69.1 Å². The summed E-state index contributed by atoms with van der Waals surface area (Å²) in [7, 11) is 11.7. The van der Waals surface area contributed by atoms with Crippen molar-refractivity contribution >= 4 is 172 Å². The molecule has 0 aliphatic carbocycles. The summed E-state index contributed by atoms with van der Waals surface area (Å²) in [5.74, 6) is -2.21. The number of alkyl halides is 6. The second-order valence-electron chi connectivity index (χ2n) is 26.4. The topological polar surface area (TPSA) is 358 Å². The molecule has 0 atom stereocenters. The van der Waals surface area contributed by atoms with Crippen molar-refractivity contribution < 1.29 is 113 Å². The molecule has 16 rings (SSSR count). The van der Waals surface area contributed by atoms with E-state index in [9.17, 15) is 70.1 Å². The number of ether oxygens (including phenoxy) is 7. The molecule has 0 bridgehead atoms. The van der Waals surface area contributed by atoms with E-state index in [1.54, 1.807) is 161 Å².